The number of thiazole rings is 1. The van der Waals surface area contributed by atoms with Crippen molar-refractivity contribution in [3.05, 3.63) is 101 Å². The molecule has 4 aliphatic rings. The summed E-state index contributed by atoms with van der Waals surface area (Å²) < 4.78 is 6.65. The molecule has 46 heavy (non-hydrogen) atoms. The zero-order valence-electron chi connectivity index (χ0n) is 23.7. The van der Waals surface area contributed by atoms with Gasteiger partial charge in [0, 0.05) is 26.2 Å². The lowest BCUT2D eigenvalue weighted by atomic mass is 9.68. The van der Waals surface area contributed by atoms with E-state index in [0.717, 1.165) is 26.4 Å². The Morgan fingerprint density at radius 1 is 0.957 bits per heavy atom. The van der Waals surface area contributed by atoms with Gasteiger partial charge in [0.05, 0.1) is 32.6 Å². The summed E-state index contributed by atoms with van der Waals surface area (Å²) in [6.07, 6.45) is 0.814. The third-order valence-corrected chi connectivity index (χ3v) is 13.5. The number of ether oxygens (including phenoxy) is 1. The van der Waals surface area contributed by atoms with Crippen molar-refractivity contribution < 1.29 is 19.1 Å². The number of carbonyl (C=O) groups is 3. The SMILES string of the molecule is O=C(COc1ccc([C@H]2c3sc(=O)[nH]c3SC3C2[C@H]2C[C@@H]3C3C(=O)N(c4ccc(Br)cc4)C(=O)C32)cc1)Nc1ccc(Cl)c(Cl)c1. The molecule has 2 saturated carbocycles. The number of aromatic amines is 1. The van der Waals surface area contributed by atoms with Gasteiger partial charge >= 0.3 is 4.87 Å². The standard InChI is InChI=1S/C33H24BrCl2N3O5S2/c34-15-3-6-17(7-4-15)39-31(41)26-19-12-20(27(26)32(39)42)28-25(19)24(29-30(45-28)38-33(43)46-29)14-1-8-18(9-2-14)44-13-23(40)37-16-5-10-21(35)22(36)11-16/h1-11,19-20,24-28H,12-13H2,(H,37,40)(H,38,43)/t19-,20-,24-,25?,26?,27?,28?/m1/s1. The molecule has 0 radical (unpaired) electrons. The minimum absolute atomic E-state index is 0.0146. The van der Waals surface area contributed by atoms with Gasteiger partial charge in [0.2, 0.25) is 11.8 Å². The molecule has 4 aromatic rings. The Morgan fingerprint density at radius 2 is 1.67 bits per heavy atom. The van der Waals surface area contributed by atoms with Crippen LogP contribution < -0.4 is 19.8 Å². The normalized spacial score (nSPS) is 27.4. The number of nitrogens with one attached hydrogen (secondary N) is 2. The van der Waals surface area contributed by atoms with Gasteiger partial charge in [0.15, 0.2) is 6.61 Å². The summed E-state index contributed by atoms with van der Waals surface area (Å²) in [5.74, 6) is -0.769. The predicted octanol–water partition coefficient (Wildman–Crippen LogP) is 7.20. The molecule has 3 heterocycles. The van der Waals surface area contributed by atoms with Crippen LogP contribution in [-0.4, -0.2) is 34.6 Å². The van der Waals surface area contributed by atoms with Gasteiger partial charge in [-0.05, 0) is 84.3 Å². The molecule has 1 aromatic heterocycles. The number of nitrogens with zero attached hydrogens (tertiary/aromatic N) is 1. The van der Waals surface area contributed by atoms with E-state index in [9.17, 15) is 19.2 Å². The Morgan fingerprint density at radius 3 is 2.39 bits per heavy atom. The van der Waals surface area contributed by atoms with E-state index in [2.05, 4.69) is 26.2 Å². The highest BCUT2D eigenvalue weighted by Gasteiger charge is 2.69. The number of hydrogen-bond donors (Lipinski definition) is 2. The number of rotatable bonds is 6. The van der Waals surface area contributed by atoms with E-state index in [4.69, 9.17) is 27.9 Å². The molecule has 1 saturated heterocycles. The number of amides is 3. The van der Waals surface area contributed by atoms with Gasteiger partial charge in [0.1, 0.15) is 5.75 Å². The van der Waals surface area contributed by atoms with Crippen molar-refractivity contribution in [1.82, 2.24) is 4.98 Å². The van der Waals surface area contributed by atoms with Crippen molar-refractivity contribution >= 4 is 91.3 Å². The van der Waals surface area contributed by atoms with Gasteiger partial charge in [-0.15, -0.1) is 11.8 Å². The van der Waals surface area contributed by atoms with Gasteiger partial charge in [-0.25, -0.2) is 0 Å². The highest BCUT2D eigenvalue weighted by Crippen LogP contribution is 2.68. The molecule has 0 spiro atoms. The largest absolute Gasteiger partial charge is 0.484 e. The molecular formula is C33H24BrCl2N3O5S2. The molecule has 3 amide bonds. The van der Waals surface area contributed by atoms with E-state index in [1.54, 1.807) is 42.1 Å². The van der Waals surface area contributed by atoms with Crippen LogP contribution in [0.15, 0.2) is 81.0 Å². The van der Waals surface area contributed by atoms with Crippen LogP contribution in [0.1, 0.15) is 22.8 Å². The molecule has 8 nitrogen and oxygen atoms in total. The van der Waals surface area contributed by atoms with Crippen molar-refractivity contribution in [2.45, 2.75) is 22.6 Å². The maximum Gasteiger partial charge on any atom is 0.305 e. The fourth-order valence-electron chi connectivity index (χ4n) is 7.93. The number of benzene rings is 3. The van der Waals surface area contributed by atoms with Gasteiger partial charge < -0.3 is 15.0 Å². The van der Waals surface area contributed by atoms with Crippen LogP contribution in [0.2, 0.25) is 10.0 Å². The van der Waals surface area contributed by atoms with Crippen LogP contribution in [0, 0.1) is 29.6 Å². The van der Waals surface area contributed by atoms with Crippen LogP contribution in [0.3, 0.4) is 0 Å². The maximum atomic E-state index is 13.9. The molecule has 2 aliphatic carbocycles. The number of hydrogen-bond acceptors (Lipinski definition) is 7. The number of carbonyl (C=O) groups excluding carboxylic acids is 3. The summed E-state index contributed by atoms with van der Waals surface area (Å²) >= 11 is 18.3. The second-order valence-electron chi connectivity index (χ2n) is 12.0. The van der Waals surface area contributed by atoms with Crippen molar-refractivity contribution in [3.63, 3.8) is 0 Å². The number of H-pyrrole nitrogens is 1. The van der Waals surface area contributed by atoms with E-state index in [-0.39, 0.29) is 70.0 Å². The molecular weight excluding hydrogens is 733 g/mol. The van der Waals surface area contributed by atoms with Crippen LogP contribution >= 0.6 is 62.2 Å². The molecule has 13 heteroatoms. The Hall–Kier alpha value is -3.09. The average molecular weight is 758 g/mol. The predicted molar refractivity (Wildman–Crippen MR) is 182 cm³/mol. The highest BCUT2D eigenvalue weighted by molar-refractivity contribution is 9.10. The van der Waals surface area contributed by atoms with E-state index in [1.165, 1.54) is 16.2 Å². The molecule has 2 N–H and O–H groups in total. The van der Waals surface area contributed by atoms with E-state index in [0.29, 0.717) is 27.2 Å². The summed E-state index contributed by atoms with van der Waals surface area (Å²) in [6, 6.07) is 19.7. The van der Waals surface area contributed by atoms with Crippen LogP contribution in [0.25, 0.3) is 0 Å². The van der Waals surface area contributed by atoms with Gasteiger partial charge in [-0.1, -0.05) is 62.6 Å². The first kappa shape index (κ1) is 30.3. The van der Waals surface area contributed by atoms with Crippen LogP contribution in [0.5, 0.6) is 5.75 Å². The van der Waals surface area contributed by atoms with Crippen molar-refractivity contribution in [2.24, 2.45) is 29.6 Å². The Bertz CT molecular complexity index is 1970. The van der Waals surface area contributed by atoms with Gasteiger partial charge in [-0.3, -0.25) is 24.1 Å². The Kier molecular flexibility index (Phi) is 7.60. The van der Waals surface area contributed by atoms with Crippen molar-refractivity contribution in [2.75, 3.05) is 16.8 Å². The van der Waals surface area contributed by atoms with E-state index < -0.39 is 0 Å². The average Bonchev–Trinajstić information content (AvgIpc) is 3.78. The zero-order chi connectivity index (χ0) is 31.9. The lowest BCUT2D eigenvalue weighted by molar-refractivity contribution is -0.123. The van der Waals surface area contributed by atoms with Gasteiger partial charge in [-0.2, -0.15) is 0 Å². The van der Waals surface area contributed by atoms with Crippen molar-refractivity contribution in [1.29, 1.82) is 0 Å². The number of halogens is 3. The number of imide groups is 1. The smallest absolute Gasteiger partial charge is 0.305 e. The lowest BCUT2D eigenvalue weighted by Gasteiger charge is -2.43. The highest BCUT2D eigenvalue weighted by atomic mass is 79.9. The van der Waals surface area contributed by atoms with E-state index >= 15 is 0 Å². The first-order valence-corrected chi connectivity index (χ1v) is 17.9. The Balaban J connectivity index is 1.04. The minimum atomic E-state index is -0.376. The maximum absolute atomic E-state index is 13.9. The van der Waals surface area contributed by atoms with Crippen molar-refractivity contribution in [3.8, 4) is 5.75 Å². The first-order chi connectivity index (χ1) is 22.2. The molecule has 3 fully saturated rings. The molecule has 3 aromatic carbocycles. The molecule has 4 unspecified atom stereocenters. The quantitative estimate of drug-likeness (QED) is 0.202. The molecule has 234 valence electrons. The summed E-state index contributed by atoms with van der Waals surface area (Å²) in [6.45, 7) is -0.203. The first-order valence-electron chi connectivity index (χ1n) is 14.7. The molecule has 2 aliphatic heterocycles. The number of thioether (sulfide) groups is 1. The fourth-order valence-corrected chi connectivity index (χ4v) is 11.4. The zero-order valence-corrected chi connectivity index (χ0v) is 28.5. The topological polar surface area (TPSA) is 109 Å². The second kappa shape index (κ2) is 11.6. The number of anilines is 2. The third-order valence-electron chi connectivity index (χ3n) is 9.62. The van der Waals surface area contributed by atoms with Crippen LogP contribution in [-0.2, 0) is 14.4 Å². The lowest BCUT2D eigenvalue weighted by Crippen LogP contribution is -2.42. The molecule has 8 rings (SSSR count). The monoisotopic (exact) mass is 755 g/mol. The molecule has 2 bridgehead atoms. The summed E-state index contributed by atoms with van der Waals surface area (Å²) in [5.41, 5.74) is 2.12. The van der Waals surface area contributed by atoms with E-state index in [1.807, 2.05) is 36.4 Å². The third kappa shape index (κ3) is 4.93. The minimum Gasteiger partial charge on any atom is -0.484 e. The summed E-state index contributed by atoms with van der Waals surface area (Å²) in [4.78, 5) is 58.1. The summed E-state index contributed by atoms with van der Waals surface area (Å²) in [5, 5.41) is 4.42. The Labute approximate surface area is 289 Å². The number of fused-ring (bicyclic) bond motifs is 9. The van der Waals surface area contributed by atoms with Crippen LogP contribution in [0.4, 0.5) is 11.4 Å². The fraction of sp³-hybridized carbons (Fsp3) is 0.273. The number of aromatic nitrogens is 1. The van der Waals surface area contributed by atoms with Gasteiger partial charge in [0.25, 0.3) is 5.91 Å². The molecule has 7 atom stereocenters. The second-order valence-corrected chi connectivity index (χ2v) is 15.9. The summed E-state index contributed by atoms with van der Waals surface area (Å²) in [7, 11) is 0.